The third kappa shape index (κ3) is 6.70. The van der Waals surface area contributed by atoms with E-state index in [2.05, 4.69) is 5.32 Å². The summed E-state index contributed by atoms with van der Waals surface area (Å²) in [5, 5.41) is 4.76. The summed E-state index contributed by atoms with van der Waals surface area (Å²) in [5.41, 5.74) is -3.20. The molecule has 0 spiro atoms. The van der Waals surface area contributed by atoms with E-state index in [0.717, 1.165) is 17.3 Å². The Balaban J connectivity index is 1.58. The zero-order chi connectivity index (χ0) is 26.6. The lowest BCUT2D eigenvalue weighted by Gasteiger charge is -2.14. The standard InChI is InChI=1S/C23H14ClF7N2O2S/c24-12-3-1-11(2-4-12)9-15(34)32-13-5-7-14(8-6-13)36-10-16(35)33-22-20(27)18(25)17(23(29,30)31)19(26)21(22)28/h1-8H,9-10H2,(H,32,34)(H,33,35). The molecule has 190 valence electrons. The molecule has 0 aromatic heterocycles. The van der Waals surface area contributed by atoms with Crippen LogP contribution in [0.5, 0.6) is 0 Å². The van der Waals surface area contributed by atoms with Crippen LogP contribution in [-0.2, 0) is 22.2 Å². The molecular weight excluding hydrogens is 537 g/mol. The summed E-state index contributed by atoms with van der Waals surface area (Å²) >= 11 is 6.65. The van der Waals surface area contributed by atoms with Gasteiger partial charge in [-0.1, -0.05) is 23.7 Å². The van der Waals surface area contributed by atoms with Gasteiger partial charge in [0.25, 0.3) is 0 Å². The lowest BCUT2D eigenvalue weighted by Crippen LogP contribution is -2.21. The van der Waals surface area contributed by atoms with Crippen LogP contribution in [0.1, 0.15) is 11.1 Å². The molecule has 0 unspecified atom stereocenters. The summed E-state index contributed by atoms with van der Waals surface area (Å²) in [6, 6.07) is 12.8. The van der Waals surface area contributed by atoms with Gasteiger partial charge in [0.15, 0.2) is 23.3 Å². The third-order valence-electron chi connectivity index (χ3n) is 4.60. The number of anilines is 2. The van der Waals surface area contributed by atoms with Crippen molar-refractivity contribution in [1.82, 2.24) is 0 Å². The highest BCUT2D eigenvalue weighted by atomic mass is 35.5. The van der Waals surface area contributed by atoms with Gasteiger partial charge in [0.2, 0.25) is 11.8 Å². The van der Waals surface area contributed by atoms with Gasteiger partial charge in [0.05, 0.1) is 12.2 Å². The number of hydrogen-bond donors (Lipinski definition) is 2. The molecule has 4 nitrogen and oxygen atoms in total. The molecule has 0 aliphatic rings. The number of hydrogen-bond acceptors (Lipinski definition) is 3. The molecule has 13 heteroatoms. The fourth-order valence-electron chi connectivity index (χ4n) is 2.94. The first-order chi connectivity index (χ1) is 16.9. The van der Waals surface area contributed by atoms with Gasteiger partial charge >= 0.3 is 6.18 Å². The van der Waals surface area contributed by atoms with Crippen LogP contribution in [0.4, 0.5) is 42.1 Å². The van der Waals surface area contributed by atoms with Crippen LogP contribution < -0.4 is 10.6 Å². The molecular formula is C23H14ClF7N2O2S. The highest BCUT2D eigenvalue weighted by molar-refractivity contribution is 8.00. The molecule has 0 aliphatic carbocycles. The fraction of sp³-hybridized carbons (Fsp3) is 0.130. The minimum Gasteiger partial charge on any atom is -0.326 e. The lowest BCUT2D eigenvalue weighted by atomic mass is 10.1. The molecule has 3 aromatic rings. The van der Waals surface area contributed by atoms with Crippen molar-refractivity contribution in [1.29, 1.82) is 0 Å². The second kappa shape index (κ2) is 11.2. The van der Waals surface area contributed by atoms with E-state index in [1.165, 1.54) is 24.3 Å². The second-order valence-electron chi connectivity index (χ2n) is 7.22. The Morgan fingerprint density at radius 1 is 0.778 bits per heavy atom. The van der Waals surface area contributed by atoms with Crippen molar-refractivity contribution in [2.45, 2.75) is 17.5 Å². The molecule has 0 radical (unpaired) electrons. The molecule has 0 atom stereocenters. The van der Waals surface area contributed by atoms with Crippen LogP contribution >= 0.6 is 23.4 Å². The van der Waals surface area contributed by atoms with Crippen LogP contribution in [-0.4, -0.2) is 17.6 Å². The average Bonchev–Trinajstić information content (AvgIpc) is 2.81. The Labute approximate surface area is 208 Å². The third-order valence-corrected chi connectivity index (χ3v) is 5.86. The van der Waals surface area contributed by atoms with E-state index in [4.69, 9.17) is 11.6 Å². The normalized spacial score (nSPS) is 11.3. The van der Waals surface area contributed by atoms with Gasteiger partial charge < -0.3 is 10.6 Å². The van der Waals surface area contributed by atoms with Gasteiger partial charge in [-0.25, -0.2) is 17.6 Å². The predicted molar refractivity (Wildman–Crippen MR) is 121 cm³/mol. The summed E-state index contributed by atoms with van der Waals surface area (Å²) in [7, 11) is 0. The second-order valence-corrected chi connectivity index (χ2v) is 8.70. The van der Waals surface area contributed by atoms with E-state index < -0.39 is 52.4 Å². The molecule has 0 aliphatic heterocycles. The number of benzene rings is 3. The average molecular weight is 551 g/mol. The van der Waals surface area contributed by atoms with Gasteiger partial charge in [0.1, 0.15) is 11.3 Å². The number of alkyl halides is 3. The van der Waals surface area contributed by atoms with Crippen molar-refractivity contribution < 1.29 is 40.3 Å². The molecule has 3 aromatic carbocycles. The van der Waals surface area contributed by atoms with Gasteiger partial charge in [-0.15, -0.1) is 11.8 Å². The quantitative estimate of drug-likeness (QED) is 0.193. The topological polar surface area (TPSA) is 58.2 Å². The van der Waals surface area contributed by atoms with Crippen LogP contribution in [0.2, 0.25) is 5.02 Å². The number of carbonyl (C=O) groups excluding carboxylic acids is 2. The monoisotopic (exact) mass is 550 g/mol. The summed E-state index contributed by atoms with van der Waals surface area (Å²) in [5.74, 6) is -12.0. The number of carbonyl (C=O) groups is 2. The van der Waals surface area contributed by atoms with Gasteiger partial charge in [-0.3, -0.25) is 9.59 Å². The number of halogens is 8. The van der Waals surface area contributed by atoms with Gasteiger partial charge in [0, 0.05) is 15.6 Å². The van der Waals surface area contributed by atoms with E-state index in [0.29, 0.717) is 15.6 Å². The fourth-order valence-corrected chi connectivity index (χ4v) is 3.77. The maximum absolute atomic E-state index is 13.9. The van der Waals surface area contributed by atoms with Crippen LogP contribution in [0.25, 0.3) is 0 Å². The van der Waals surface area contributed by atoms with Crippen LogP contribution in [0, 0.1) is 23.3 Å². The summed E-state index contributed by atoms with van der Waals surface area (Å²) < 4.78 is 93.1. The smallest absolute Gasteiger partial charge is 0.326 e. The minimum absolute atomic E-state index is 0.103. The van der Waals surface area contributed by atoms with E-state index in [1.54, 1.807) is 29.6 Å². The molecule has 0 fully saturated rings. The Morgan fingerprint density at radius 3 is 1.86 bits per heavy atom. The zero-order valence-electron chi connectivity index (χ0n) is 17.8. The summed E-state index contributed by atoms with van der Waals surface area (Å²) in [6.07, 6.45) is -5.58. The van der Waals surface area contributed by atoms with Crippen LogP contribution in [0.15, 0.2) is 53.4 Å². The van der Waals surface area contributed by atoms with E-state index in [1.807, 2.05) is 0 Å². The number of thioether (sulfide) groups is 1. The van der Waals surface area contributed by atoms with Crippen LogP contribution in [0.3, 0.4) is 0 Å². The van der Waals surface area contributed by atoms with Crippen molar-refractivity contribution >= 4 is 46.6 Å². The zero-order valence-corrected chi connectivity index (χ0v) is 19.4. The molecule has 0 bridgehead atoms. The van der Waals surface area contributed by atoms with Gasteiger partial charge in [-0.05, 0) is 42.0 Å². The Kier molecular flexibility index (Phi) is 8.51. The van der Waals surface area contributed by atoms with E-state index in [9.17, 15) is 40.3 Å². The van der Waals surface area contributed by atoms with Gasteiger partial charge in [-0.2, -0.15) is 13.2 Å². The van der Waals surface area contributed by atoms with Crippen molar-refractivity contribution in [2.24, 2.45) is 0 Å². The molecule has 36 heavy (non-hydrogen) atoms. The Bertz CT molecular complexity index is 1250. The first-order valence-corrected chi connectivity index (χ1v) is 11.2. The lowest BCUT2D eigenvalue weighted by molar-refractivity contribution is -0.143. The molecule has 0 saturated carbocycles. The first kappa shape index (κ1) is 27.3. The van der Waals surface area contributed by atoms with E-state index in [-0.39, 0.29) is 12.3 Å². The highest BCUT2D eigenvalue weighted by Gasteiger charge is 2.42. The largest absolute Gasteiger partial charge is 0.422 e. The maximum Gasteiger partial charge on any atom is 0.422 e. The Morgan fingerprint density at radius 2 is 1.33 bits per heavy atom. The van der Waals surface area contributed by atoms with E-state index >= 15 is 0 Å². The van der Waals surface area contributed by atoms with Crippen molar-refractivity contribution in [3.8, 4) is 0 Å². The molecule has 3 rings (SSSR count). The minimum atomic E-state index is -5.68. The molecule has 2 amide bonds. The number of nitrogens with one attached hydrogen (secondary N) is 2. The first-order valence-electron chi connectivity index (χ1n) is 9.87. The van der Waals surface area contributed by atoms with Crippen molar-refractivity contribution in [2.75, 3.05) is 16.4 Å². The highest BCUT2D eigenvalue weighted by Crippen LogP contribution is 2.38. The van der Waals surface area contributed by atoms with Crippen molar-refractivity contribution in [3.05, 3.63) is 87.9 Å². The molecule has 2 N–H and O–H groups in total. The molecule has 0 saturated heterocycles. The van der Waals surface area contributed by atoms with Crippen molar-refractivity contribution in [3.63, 3.8) is 0 Å². The SMILES string of the molecule is O=C(Cc1ccc(Cl)cc1)Nc1ccc(SCC(=O)Nc2c(F)c(F)c(C(F)(F)F)c(F)c2F)cc1. The number of amides is 2. The predicted octanol–water partition coefficient (Wildman–Crippen LogP) is 6.83. The summed E-state index contributed by atoms with van der Waals surface area (Å²) in [4.78, 5) is 24.6. The molecule has 0 heterocycles. The number of rotatable bonds is 7. The summed E-state index contributed by atoms with van der Waals surface area (Å²) in [6.45, 7) is 0. The maximum atomic E-state index is 13.9. The Hall–Kier alpha value is -3.25.